The van der Waals surface area contributed by atoms with E-state index in [1.54, 1.807) is 0 Å². The lowest BCUT2D eigenvalue weighted by Gasteiger charge is -2.14. The molecule has 5 nitrogen and oxygen atoms in total. The van der Waals surface area contributed by atoms with Gasteiger partial charge in [-0.15, -0.1) is 0 Å². The van der Waals surface area contributed by atoms with Gasteiger partial charge in [0.1, 0.15) is 0 Å². The van der Waals surface area contributed by atoms with Crippen molar-refractivity contribution in [2.75, 3.05) is 19.8 Å². The molecule has 2 atom stereocenters. The van der Waals surface area contributed by atoms with Crippen molar-refractivity contribution in [3.05, 3.63) is 0 Å². The van der Waals surface area contributed by atoms with Crippen LogP contribution in [0.3, 0.4) is 0 Å². The number of ether oxygens (including phenoxy) is 1. The van der Waals surface area contributed by atoms with Crippen molar-refractivity contribution in [2.24, 2.45) is 0 Å². The maximum Gasteiger partial charge on any atom is 0.221 e. The van der Waals surface area contributed by atoms with Crippen LogP contribution < -0.4 is 10.6 Å². The molecule has 1 heterocycles. The molecule has 0 aliphatic carbocycles. The number of aliphatic hydroxyl groups is 1. The molecule has 0 aromatic rings. The van der Waals surface area contributed by atoms with E-state index >= 15 is 0 Å². The summed E-state index contributed by atoms with van der Waals surface area (Å²) in [5, 5.41) is 15.3. The Balaban J connectivity index is 2.08. The number of carbonyl (C=O) groups is 1. The van der Waals surface area contributed by atoms with Crippen LogP contribution in [0.25, 0.3) is 0 Å². The van der Waals surface area contributed by atoms with Gasteiger partial charge in [0.05, 0.1) is 25.4 Å². The van der Waals surface area contributed by atoms with Crippen LogP contribution in [-0.4, -0.2) is 49.0 Å². The maximum absolute atomic E-state index is 11.3. The van der Waals surface area contributed by atoms with Gasteiger partial charge >= 0.3 is 0 Å². The second kappa shape index (κ2) is 6.05. The molecule has 1 aliphatic heterocycles. The molecule has 0 aromatic carbocycles. The molecule has 0 bridgehead atoms. The number of rotatable bonds is 5. The Hall–Kier alpha value is -0.650. The number of nitrogens with one attached hydrogen (secondary N) is 2. The summed E-state index contributed by atoms with van der Waals surface area (Å²) in [7, 11) is 0. The highest BCUT2D eigenvalue weighted by Crippen LogP contribution is 2.04. The average molecular weight is 216 g/mol. The number of amides is 1. The highest BCUT2D eigenvalue weighted by Gasteiger charge is 2.25. The maximum atomic E-state index is 11.3. The van der Waals surface area contributed by atoms with Crippen molar-refractivity contribution in [3.8, 4) is 0 Å². The van der Waals surface area contributed by atoms with Crippen LogP contribution in [0.15, 0.2) is 0 Å². The standard InChI is InChI=1S/C10H20N2O3/c1-7(2)12-10(14)3-4-11-8-5-15-6-9(8)13/h7-9,11,13H,3-6H2,1-2H3,(H,12,14). The summed E-state index contributed by atoms with van der Waals surface area (Å²) >= 11 is 0. The van der Waals surface area contributed by atoms with Gasteiger partial charge in [0.2, 0.25) is 5.91 Å². The van der Waals surface area contributed by atoms with Crippen LogP contribution in [0.4, 0.5) is 0 Å². The molecule has 1 amide bonds. The third-order valence-corrected chi connectivity index (χ3v) is 2.26. The van der Waals surface area contributed by atoms with Crippen LogP contribution >= 0.6 is 0 Å². The first-order valence-corrected chi connectivity index (χ1v) is 5.38. The van der Waals surface area contributed by atoms with Crippen molar-refractivity contribution in [1.29, 1.82) is 0 Å². The fraction of sp³-hybridized carbons (Fsp3) is 0.900. The number of carbonyl (C=O) groups excluding carboxylic acids is 1. The summed E-state index contributed by atoms with van der Waals surface area (Å²) in [4.78, 5) is 11.3. The first-order chi connectivity index (χ1) is 7.09. The van der Waals surface area contributed by atoms with Crippen molar-refractivity contribution in [3.63, 3.8) is 0 Å². The largest absolute Gasteiger partial charge is 0.389 e. The van der Waals surface area contributed by atoms with E-state index in [2.05, 4.69) is 10.6 Å². The van der Waals surface area contributed by atoms with E-state index in [0.717, 1.165) is 0 Å². The van der Waals surface area contributed by atoms with Crippen LogP contribution in [0, 0.1) is 0 Å². The Morgan fingerprint density at radius 1 is 1.53 bits per heavy atom. The predicted molar refractivity (Wildman–Crippen MR) is 56.5 cm³/mol. The molecular weight excluding hydrogens is 196 g/mol. The summed E-state index contributed by atoms with van der Waals surface area (Å²) in [5.41, 5.74) is 0. The van der Waals surface area contributed by atoms with E-state index in [1.165, 1.54) is 0 Å². The van der Waals surface area contributed by atoms with Gasteiger partial charge in [-0.05, 0) is 13.8 Å². The lowest BCUT2D eigenvalue weighted by Crippen LogP contribution is -2.41. The van der Waals surface area contributed by atoms with Crippen molar-refractivity contribution in [2.45, 2.75) is 38.5 Å². The molecule has 1 saturated heterocycles. The van der Waals surface area contributed by atoms with Gasteiger partial charge in [-0.1, -0.05) is 0 Å². The number of aliphatic hydroxyl groups excluding tert-OH is 1. The van der Waals surface area contributed by atoms with E-state index in [0.29, 0.717) is 26.2 Å². The Kier molecular flexibility index (Phi) is 5.01. The normalized spacial score (nSPS) is 25.9. The van der Waals surface area contributed by atoms with E-state index in [1.807, 2.05) is 13.8 Å². The van der Waals surface area contributed by atoms with Gasteiger partial charge in [-0.3, -0.25) is 4.79 Å². The van der Waals surface area contributed by atoms with Gasteiger partial charge in [-0.25, -0.2) is 0 Å². The molecule has 15 heavy (non-hydrogen) atoms. The molecule has 0 radical (unpaired) electrons. The van der Waals surface area contributed by atoms with Crippen molar-refractivity contribution >= 4 is 5.91 Å². The predicted octanol–water partition coefficient (Wildman–Crippen LogP) is -0.750. The molecule has 1 aliphatic rings. The summed E-state index contributed by atoms with van der Waals surface area (Å²) < 4.78 is 5.08. The summed E-state index contributed by atoms with van der Waals surface area (Å²) in [6, 6.07) is 0.148. The fourth-order valence-electron chi connectivity index (χ4n) is 1.50. The topological polar surface area (TPSA) is 70.6 Å². The summed E-state index contributed by atoms with van der Waals surface area (Å²) in [6.45, 7) is 5.34. The van der Waals surface area contributed by atoms with Gasteiger partial charge in [0.25, 0.3) is 0 Å². The molecule has 1 fully saturated rings. The van der Waals surface area contributed by atoms with Gasteiger partial charge in [0.15, 0.2) is 0 Å². The summed E-state index contributed by atoms with van der Waals surface area (Å²) in [5.74, 6) is 0.0332. The zero-order chi connectivity index (χ0) is 11.3. The van der Waals surface area contributed by atoms with Crippen LogP contribution in [-0.2, 0) is 9.53 Å². The van der Waals surface area contributed by atoms with Crippen molar-refractivity contribution in [1.82, 2.24) is 10.6 Å². The second-order valence-electron chi connectivity index (χ2n) is 4.14. The molecule has 1 rings (SSSR count). The van der Waals surface area contributed by atoms with Gasteiger partial charge in [0, 0.05) is 19.0 Å². The van der Waals surface area contributed by atoms with E-state index in [4.69, 9.17) is 4.74 Å². The van der Waals surface area contributed by atoms with Gasteiger partial charge < -0.3 is 20.5 Å². The second-order valence-corrected chi connectivity index (χ2v) is 4.14. The Bertz CT molecular complexity index is 209. The Morgan fingerprint density at radius 2 is 2.27 bits per heavy atom. The minimum absolute atomic E-state index is 0.0307. The Morgan fingerprint density at radius 3 is 2.80 bits per heavy atom. The summed E-state index contributed by atoms with van der Waals surface area (Å²) in [6.07, 6.45) is -0.0142. The van der Waals surface area contributed by atoms with E-state index < -0.39 is 6.10 Å². The number of hydrogen-bond acceptors (Lipinski definition) is 4. The fourth-order valence-corrected chi connectivity index (χ4v) is 1.50. The molecular formula is C10H20N2O3. The van der Waals surface area contributed by atoms with Gasteiger partial charge in [-0.2, -0.15) is 0 Å². The third-order valence-electron chi connectivity index (χ3n) is 2.26. The lowest BCUT2D eigenvalue weighted by molar-refractivity contribution is -0.121. The minimum Gasteiger partial charge on any atom is -0.389 e. The molecule has 3 N–H and O–H groups in total. The minimum atomic E-state index is -0.446. The quantitative estimate of drug-likeness (QED) is 0.565. The van der Waals surface area contributed by atoms with E-state index in [9.17, 15) is 9.90 Å². The monoisotopic (exact) mass is 216 g/mol. The highest BCUT2D eigenvalue weighted by molar-refractivity contribution is 5.76. The molecule has 5 heteroatoms. The van der Waals surface area contributed by atoms with Crippen molar-refractivity contribution < 1.29 is 14.6 Å². The zero-order valence-corrected chi connectivity index (χ0v) is 9.32. The molecule has 0 spiro atoms. The SMILES string of the molecule is CC(C)NC(=O)CCNC1COCC1O. The molecule has 88 valence electrons. The molecule has 0 aromatic heterocycles. The first kappa shape index (κ1) is 12.4. The zero-order valence-electron chi connectivity index (χ0n) is 9.32. The number of hydrogen-bond donors (Lipinski definition) is 3. The van der Waals surface area contributed by atoms with Crippen LogP contribution in [0.5, 0.6) is 0 Å². The first-order valence-electron chi connectivity index (χ1n) is 5.38. The van der Waals surface area contributed by atoms with E-state index in [-0.39, 0.29) is 18.0 Å². The lowest BCUT2D eigenvalue weighted by atomic mass is 10.2. The van der Waals surface area contributed by atoms with Crippen LogP contribution in [0.1, 0.15) is 20.3 Å². The highest BCUT2D eigenvalue weighted by atomic mass is 16.5. The smallest absolute Gasteiger partial charge is 0.221 e. The van der Waals surface area contributed by atoms with Crippen LogP contribution in [0.2, 0.25) is 0 Å². The average Bonchev–Trinajstić information content (AvgIpc) is 2.50. The third kappa shape index (κ3) is 4.59. The Labute approximate surface area is 90.2 Å². The molecule has 0 saturated carbocycles. The molecule has 2 unspecified atom stereocenters.